The molecule has 146 valence electrons. The normalized spacial score (nSPS) is 24.5. The molecule has 2 aliphatic heterocycles. The lowest BCUT2D eigenvalue weighted by Crippen LogP contribution is -2.41. The van der Waals surface area contributed by atoms with E-state index in [0.29, 0.717) is 11.8 Å². The van der Waals surface area contributed by atoms with E-state index in [2.05, 4.69) is 20.0 Å². The molecule has 2 N–H and O–H groups in total. The molecular weight excluding hydrogens is 347 g/mol. The highest BCUT2D eigenvalue weighted by molar-refractivity contribution is 5.62. The van der Waals surface area contributed by atoms with Gasteiger partial charge in [-0.25, -0.2) is 4.39 Å². The number of nitrogens with one attached hydrogen (secondary N) is 1. The molecule has 2 atom stereocenters. The summed E-state index contributed by atoms with van der Waals surface area (Å²) in [5, 5.41) is 17.1. The lowest BCUT2D eigenvalue weighted by molar-refractivity contribution is 0.0264. The van der Waals surface area contributed by atoms with E-state index in [1.54, 1.807) is 12.1 Å². The Hall–Kier alpha value is -1.80. The molecule has 2 fully saturated rings. The fourth-order valence-corrected chi connectivity index (χ4v) is 4.23. The average molecular weight is 374 g/mol. The third-order valence-electron chi connectivity index (χ3n) is 5.73. The largest absolute Gasteiger partial charge is 0.396 e. The maximum Gasteiger partial charge on any atom is 0.123 e. The number of aromatic amines is 1. The lowest BCUT2D eigenvalue weighted by Gasteiger charge is -2.30. The van der Waals surface area contributed by atoms with Gasteiger partial charge < -0.3 is 9.84 Å². The van der Waals surface area contributed by atoms with Crippen LogP contribution in [0.4, 0.5) is 4.39 Å². The van der Waals surface area contributed by atoms with E-state index >= 15 is 0 Å². The summed E-state index contributed by atoms with van der Waals surface area (Å²) in [6, 6.07) is 6.48. The summed E-state index contributed by atoms with van der Waals surface area (Å²) < 4.78 is 18.6. The van der Waals surface area contributed by atoms with Crippen molar-refractivity contribution in [2.75, 3.05) is 52.5 Å². The minimum atomic E-state index is -0.240. The van der Waals surface area contributed by atoms with Crippen LogP contribution in [0.3, 0.4) is 0 Å². The van der Waals surface area contributed by atoms with Crippen LogP contribution < -0.4 is 0 Å². The van der Waals surface area contributed by atoms with Crippen molar-refractivity contribution in [3.8, 4) is 11.3 Å². The number of benzene rings is 1. The molecule has 0 bridgehead atoms. The molecule has 2 aromatic rings. The summed E-state index contributed by atoms with van der Waals surface area (Å²) in [5.41, 5.74) is 2.98. The summed E-state index contributed by atoms with van der Waals surface area (Å²) in [6.07, 6.45) is 1.85. The third kappa shape index (κ3) is 4.38. The fraction of sp³-hybridized carbons (Fsp3) is 0.550. The molecule has 2 aliphatic rings. The monoisotopic (exact) mass is 374 g/mol. The fourth-order valence-electron chi connectivity index (χ4n) is 4.23. The van der Waals surface area contributed by atoms with Crippen LogP contribution in [-0.2, 0) is 11.3 Å². The van der Waals surface area contributed by atoms with Gasteiger partial charge in [0.25, 0.3) is 0 Å². The molecule has 3 heterocycles. The van der Waals surface area contributed by atoms with Crippen LogP contribution in [0.25, 0.3) is 11.3 Å². The Kier molecular flexibility index (Phi) is 5.83. The standard InChI is InChI=1S/C20H27FN4O2/c21-19-3-1-15(2-4-19)20-16(9-22-23-20)10-25-12-17(18(13-25)14-26)11-24-5-7-27-8-6-24/h1-4,9,17-18,26H,5-8,10-14H2,(H,22,23). The van der Waals surface area contributed by atoms with Crippen molar-refractivity contribution in [3.05, 3.63) is 41.8 Å². The van der Waals surface area contributed by atoms with Crippen LogP contribution in [0.2, 0.25) is 0 Å². The predicted molar refractivity (Wildman–Crippen MR) is 101 cm³/mol. The molecule has 0 spiro atoms. The highest BCUT2D eigenvalue weighted by atomic mass is 19.1. The molecule has 0 radical (unpaired) electrons. The molecule has 1 aromatic carbocycles. The molecule has 0 aliphatic carbocycles. The smallest absolute Gasteiger partial charge is 0.123 e. The van der Waals surface area contributed by atoms with Gasteiger partial charge >= 0.3 is 0 Å². The summed E-state index contributed by atoms with van der Waals surface area (Å²) in [4.78, 5) is 4.84. The summed E-state index contributed by atoms with van der Waals surface area (Å²) in [7, 11) is 0. The molecular formula is C20H27FN4O2. The SMILES string of the molecule is OCC1CN(Cc2cn[nH]c2-c2ccc(F)cc2)CC1CN1CCOCC1. The molecule has 2 saturated heterocycles. The van der Waals surface area contributed by atoms with Crippen LogP contribution >= 0.6 is 0 Å². The number of aromatic nitrogens is 2. The second-order valence-corrected chi connectivity index (χ2v) is 7.59. The van der Waals surface area contributed by atoms with E-state index in [1.807, 2.05) is 6.20 Å². The van der Waals surface area contributed by atoms with Gasteiger partial charge in [0.15, 0.2) is 0 Å². The number of aliphatic hydroxyl groups is 1. The van der Waals surface area contributed by atoms with Gasteiger partial charge in [0.05, 0.1) is 25.1 Å². The van der Waals surface area contributed by atoms with E-state index < -0.39 is 0 Å². The second-order valence-electron chi connectivity index (χ2n) is 7.59. The number of ether oxygens (including phenoxy) is 1. The van der Waals surface area contributed by atoms with Crippen LogP contribution in [-0.4, -0.2) is 77.6 Å². The number of nitrogens with zero attached hydrogens (tertiary/aromatic N) is 3. The summed E-state index contributed by atoms with van der Waals surface area (Å²) in [6.45, 7) is 7.43. The van der Waals surface area contributed by atoms with Crippen LogP contribution in [0.5, 0.6) is 0 Å². The van der Waals surface area contributed by atoms with E-state index in [1.165, 1.54) is 12.1 Å². The summed E-state index contributed by atoms with van der Waals surface area (Å²) >= 11 is 0. The molecule has 6 nitrogen and oxygen atoms in total. The minimum Gasteiger partial charge on any atom is -0.396 e. The molecule has 0 amide bonds. The second kappa shape index (κ2) is 8.48. The van der Waals surface area contributed by atoms with Gasteiger partial charge in [-0.3, -0.25) is 14.9 Å². The van der Waals surface area contributed by atoms with E-state index in [4.69, 9.17) is 4.74 Å². The van der Waals surface area contributed by atoms with Gasteiger partial charge in [-0.15, -0.1) is 0 Å². The van der Waals surface area contributed by atoms with E-state index in [9.17, 15) is 9.50 Å². The lowest BCUT2D eigenvalue weighted by atomic mass is 9.96. The number of rotatable bonds is 6. The van der Waals surface area contributed by atoms with Crippen LogP contribution in [0.15, 0.2) is 30.5 Å². The number of hydrogen-bond donors (Lipinski definition) is 2. The third-order valence-corrected chi connectivity index (χ3v) is 5.73. The van der Waals surface area contributed by atoms with Crippen molar-refractivity contribution in [3.63, 3.8) is 0 Å². The topological polar surface area (TPSA) is 64.6 Å². The maximum absolute atomic E-state index is 13.2. The zero-order valence-electron chi connectivity index (χ0n) is 15.5. The van der Waals surface area contributed by atoms with Gasteiger partial charge in [0, 0.05) is 57.0 Å². The van der Waals surface area contributed by atoms with Crippen molar-refractivity contribution in [2.24, 2.45) is 11.8 Å². The van der Waals surface area contributed by atoms with Gasteiger partial charge in [0.1, 0.15) is 5.82 Å². The van der Waals surface area contributed by atoms with Crippen LogP contribution in [0, 0.1) is 17.7 Å². The van der Waals surface area contributed by atoms with Gasteiger partial charge in [-0.1, -0.05) is 0 Å². The highest BCUT2D eigenvalue weighted by Crippen LogP contribution is 2.28. The van der Waals surface area contributed by atoms with Crippen molar-refractivity contribution < 1.29 is 14.2 Å². The Balaban J connectivity index is 1.41. The Morgan fingerprint density at radius 3 is 2.59 bits per heavy atom. The van der Waals surface area contributed by atoms with E-state index in [0.717, 1.165) is 69.3 Å². The first-order valence-corrected chi connectivity index (χ1v) is 9.64. The Morgan fingerprint density at radius 1 is 1.11 bits per heavy atom. The molecule has 0 saturated carbocycles. The molecule has 27 heavy (non-hydrogen) atoms. The van der Waals surface area contributed by atoms with Crippen molar-refractivity contribution in [1.82, 2.24) is 20.0 Å². The number of hydrogen-bond acceptors (Lipinski definition) is 5. The zero-order chi connectivity index (χ0) is 18.6. The highest BCUT2D eigenvalue weighted by Gasteiger charge is 2.34. The number of H-pyrrole nitrogens is 1. The number of halogens is 1. The molecule has 2 unspecified atom stereocenters. The first kappa shape index (κ1) is 18.6. The van der Waals surface area contributed by atoms with Gasteiger partial charge in [-0.2, -0.15) is 5.10 Å². The Morgan fingerprint density at radius 2 is 1.85 bits per heavy atom. The molecule has 1 aromatic heterocycles. The quantitative estimate of drug-likeness (QED) is 0.804. The minimum absolute atomic E-state index is 0.224. The zero-order valence-corrected chi connectivity index (χ0v) is 15.5. The predicted octanol–water partition coefficient (Wildman–Crippen LogP) is 1.59. The van der Waals surface area contributed by atoms with E-state index in [-0.39, 0.29) is 12.4 Å². The van der Waals surface area contributed by atoms with Gasteiger partial charge in [-0.05, 0) is 36.1 Å². The van der Waals surface area contributed by atoms with Crippen LogP contribution in [0.1, 0.15) is 5.56 Å². The Labute approximate surface area is 158 Å². The van der Waals surface area contributed by atoms with Crippen molar-refractivity contribution in [1.29, 1.82) is 0 Å². The molecule has 7 heteroatoms. The first-order valence-electron chi connectivity index (χ1n) is 9.64. The first-order chi connectivity index (χ1) is 13.2. The number of morpholine rings is 1. The van der Waals surface area contributed by atoms with Gasteiger partial charge in [0.2, 0.25) is 0 Å². The summed E-state index contributed by atoms with van der Waals surface area (Å²) in [5.74, 6) is 0.527. The maximum atomic E-state index is 13.2. The number of likely N-dealkylation sites (tertiary alicyclic amines) is 1. The Bertz CT molecular complexity index is 730. The average Bonchev–Trinajstić information content (AvgIpc) is 3.30. The van der Waals surface area contributed by atoms with Crippen molar-refractivity contribution in [2.45, 2.75) is 6.54 Å². The van der Waals surface area contributed by atoms with Crippen molar-refractivity contribution >= 4 is 0 Å². The number of aliphatic hydroxyl groups excluding tert-OH is 1. The molecule has 4 rings (SSSR count).